The standard InChI is InChI=1S/C30H62/c1-5-7-9-10-11-12-13-14-15-16-19-23-27-30(4)28-24-21-18-17-20-22-26-29(3)25-8-6-2/h29-30H,5-28H2,1-4H3. The van der Waals surface area contributed by atoms with Crippen LogP contribution in [0.5, 0.6) is 0 Å². The lowest BCUT2D eigenvalue weighted by atomic mass is 9.95. The van der Waals surface area contributed by atoms with Gasteiger partial charge in [-0.05, 0) is 11.8 Å². The van der Waals surface area contributed by atoms with Crippen molar-refractivity contribution in [2.45, 2.75) is 182 Å². The lowest BCUT2D eigenvalue weighted by Crippen LogP contribution is -1.96. The molecule has 0 fully saturated rings. The maximum absolute atomic E-state index is 2.50. The topological polar surface area (TPSA) is 0 Å². The minimum Gasteiger partial charge on any atom is -0.0654 e. The number of rotatable bonds is 25. The summed E-state index contributed by atoms with van der Waals surface area (Å²) in [6, 6.07) is 0. The van der Waals surface area contributed by atoms with E-state index in [9.17, 15) is 0 Å². The van der Waals surface area contributed by atoms with E-state index < -0.39 is 0 Å². The Morgan fingerprint density at radius 3 is 0.833 bits per heavy atom. The van der Waals surface area contributed by atoms with Crippen molar-refractivity contribution >= 4 is 0 Å². The van der Waals surface area contributed by atoms with Gasteiger partial charge < -0.3 is 0 Å². The molecular formula is C30H62. The van der Waals surface area contributed by atoms with Gasteiger partial charge in [0.25, 0.3) is 0 Å². The molecule has 0 aliphatic carbocycles. The van der Waals surface area contributed by atoms with Crippen LogP contribution in [0.4, 0.5) is 0 Å². The third-order valence-corrected chi connectivity index (χ3v) is 7.24. The molecule has 0 radical (unpaired) electrons. The van der Waals surface area contributed by atoms with Gasteiger partial charge in [-0.15, -0.1) is 0 Å². The molecule has 0 bridgehead atoms. The predicted molar refractivity (Wildman–Crippen MR) is 140 cm³/mol. The first-order chi connectivity index (χ1) is 14.7. The smallest absolute Gasteiger partial charge is 0.0443 e. The van der Waals surface area contributed by atoms with Crippen LogP contribution in [0.3, 0.4) is 0 Å². The molecule has 0 saturated heterocycles. The average Bonchev–Trinajstić information content (AvgIpc) is 2.74. The fraction of sp³-hybridized carbons (Fsp3) is 1.00. The zero-order valence-electron chi connectivity index (χ0n) is 22.1. The molecule has 30 heavy (non-hydrogen) atoms. The van der Waals surface area contributed by atoms with E-state index in [0.717, 1.165) is 11.8 Å². The Morgan fingerprint density at radius 1 is 0.300 bits per heavy atom. The molecule has 0 aliphatic heterocycles. The van der Waals surface area contributed by atoms with Gasteiger partial charge in [0.1, 0.15) is 0 Å². The van der Waals surface area contributed by atoms with E-state index in [4.69, 9.17) is 0 Å². The maximum atomic E-state index is 2.50. The monoisotopic (exact) mass is 422 g/mol. The van der Waals surface area contributed by atoms with Crippen molar-refractivity contribution in [1.82, 2.24) is 0 Å². The van der Waals surface area contributed by atoms with Crippen LogP contribution in [-0.2, 0) is 0 Å². The molecule has 0 amide bonds. The summed E-state index contributed by atoms with van der Waals surface area (Å²) in [5.41, 5.74) is 0. The van der Waals surface area contributed by atoms with Crippen molar-refractivity contribution in [2.24, 2.45) is 11.8 Å². The second kappa shape index (κ2) is 25.3. The zero-order valence-corrected chi connectivity index (χ0v) is 22.1. The summed E-state index contributed by atoms with van der Waals surface area (Å²) in [6.07, 6.45) is 35.2. The van der Waals surface area contributed by atoms with Gasteiger partial charge in [-0.3, -0.25) is 0 Å². The molecule has 182 valence electrons. The van der Waals surface area contributed by atoms with Crippen molar-refractivity contribution in [3.63, 3.8) is 0 Å². The van der Waals surface area contributed by atoms with Crippen molar-refractivity contribution in [2.75, 3.05) is 0 Å². The molecule has 0 heteroatoms. The predicted octanol–water partition coefficient (Wildman–Crippen LogP) is 11.7. The van der Waals surface area contributed by atoms with Crippen LogP contribution < -0.4 is 0 Å². The summed E-state index contributed by atoms with van der Waals surface area (Å²) in [5.74, 6) is 1.93. The third kappa shape index (κ3) is 24.3. The highest BCUT2D eigenvalue weighted by Gasteiger charge is 2.03. The van der Waals surface area contributed by atoms with E-state index in [1.54, 1.807) is 0 Å². The summed E-state index contributed by atoms with van der Waals surface area (Å²) < 4.78 is 0. The van der Waals surface area contributed by atoms with E-state index >= 15 is 0 Å². The molecule has 2 atom stereocenters. The molecule has 0 aliphatic rings. The second-order valence-corrected chi connectivity index (χ2v) is 10.7. The largest absolute Gasteiger partial charge is 0.0654 e. The van der Waals surface area contributed by atoms with Gasteiger partial charge in [-0.1, -0.05) is 182 Å². The fourth-order valence-corrected chi connectivity index (χ4v) is 4.87. The SMILES string of the molecule is CCCCCCCCCCCCCCC(C)CCCCCCCCC(C)CCCC. The van der Waals surface area contributed by atoms with Gasteiger partial charge in [0.05, 0.1) is 0 Å². The van der Waals surface area contributed by atoms with E-state index in [-0.39, 0.29) is 0 Å². The Morgan fingerprint density at radius 2 is 0.533 bits per heavy atom. The number of hydrogen-bond donors (Lipinski definition) is 0. The van der Waals surface area contributed by atoms with Gasteiger partial charge in [0, 0.05) is 0 Å². The Bertz CT molecular complexity index is 294. The first-order valence-corrected chi connectivity index (χ1v) is 14.7. The van der Waals surface area contributed by atoms with Crippen molar-refractivity contribution in [3.8, 4) is 0 Å². The summed E-state index contributed by atoms with van der Waals surface area (Å²) in [6.45, 7) is 9.57. The van der Waals surface area contributed by atoms with Crippen LogP contribution in [0, 0.1) is 11.8 Å². The number of hydrogen-bond acceptors (Lipinski definition) is 0. The first-order valence-electron chi connectivity index (χ1n) is 14.7. The lowest BCUT2D eigenvalue weighted by molar-refractivity contribution is 0.422. The van der Waals surface area contributed by atoms with Gasteiger partial charge in [-0.25, -0.2) is 0 Å². The highest BCUT2D eigenvalue weighted by Crippen LogP contribution is 2.20. The van der Waals surface area contributed by atoms with Gasteiger partial charge in [-0.2, -0.15) is 0 Å². The van der Waals surface area contributed by atoms with E-state index in [1.165, 1.54) is 154 Å². The summed E-state index contributed by atoms with van der Waals surface area (Å²) in [4.78, 5) is 0. The van der Waals surface area contributed by atoms with E-state index in [0.29, 0.717) is 0 Å². The summed E-state index contributed by atoms with van der Waals surface area (Å²) >= 11 is 0. The van der Waals surface area contributed by atoms with Gasteiger partial charge >= 0.3 is 0 Å². The lowest BCUT2D eigenvalue weighted by Gasteiger charge is -2.11. The average molecular weight is 423 g/mol. The Kier molecular flexibility index (Phi) is 25.3. The molecule has 0 saturated carbocycles. The van der Waals surface area contributed by atoms with Crippen molar-refractivity contribution in [1.29, 1.82) is 0 Å². The molecule has 0 aromatic rings. The fourth-order valence-electron chi connectivity index (χ4n) is 4.87. The van der Waals surface area contributed by atoms with Crippen molar-refractivity contribution in [3.05, 3.63) is 0 Å². The van der Waals surface area contributed by atoms with Crippen molar-refractivity contribution < 1.29 is 0 Å². The van der Waals surface area contributed by atoms with Crippen LogP contribution in [0.2, 0.25) is 0 Å². The molecule has 0 rings (SSSR count). The Hall–Kier alpha value is 0. The first kappa shape index (κ1) is 30.0. The highest BCUT2D eigenvalue weighted by atomic mass is 14.1. The molecule has 0 heterocycles. The third-order valence-electron chi connectivity index (χ3n) is 7.24. The Balaban J connectivity index is 3.19. The minimum absolute atomic E-state index is 0.964. The summed E-state index contributed by atoms with van der Waals surface area (Å²) in [7, 11) is 0. The maximum Gasteiger partial charge on any atom is -0.0443 e. The van der Waals surface area contributed by atoms with Crippen LogP contribution >= 0.6 is 0 Å². The molecule has 0 nitrogen and oxygen atoms in total. The second-order valence-electron chi connectivity index (χ2n) is 10.7. The molecule has 0 aromatic carbocycles. The molecular weight excluding hydrogens is 360 g/mol. The molecule has 2 unspecified atom stereocenters. The molecule has 0 aromatic heterocycles. The highest BCUT2D eigenvalue weighted by molar-refractivity contribution is 4.57. The molecule has 0 N–H and O–H groups in total. The van der Waals surface area contributed by atoms with Gasteiger partial charge in [0.2, 0.25) is 0 Å². The number of unbranched alkanes of at least 4 members (excludes halogenated alkanes) is 17. The quantitative estimate of drug-likeness (QED) is 0.128. The Labute approximate surface area is 193 Å². The van der Waals surface area contributed by atoms with E-state index in [2.05, 4.69) is 27.7 Å². The van der Waals surface area contributed by atoms with Crippen LogP contribution in [0.15, 0.2) is 0 Å². The van der Waals surface area contributed by atoms with Crippen LogP contribution in [-0.4, -0.2) is 0 Å². The minimum atomic E-state index is 0.964. The van der Waals surface area contributed by atoms with Crippen LogP contribution in [0.1, 0.15) is 182 Å². The zero-order chi connectivity index (χ0) is 22.1. The summed E-state index contributed by atoms with van der Waals surface area (Å²) in [5, 5.41) is 0. The van der Waals surface area contributed by atoms with E-state index in [1.807, 2.05) is 0 Å². The van der Waals surface area contributed by atoms with Crippen LogP contribution in [0.25, 0.3) is 0 Å². The molecule has 0 spiro atoms. The normalized spacial score (nSPS) is 13.6. The van der Waals surface area contributed by atoms with Gasteiger partial charge in [0.15, 0.2) is 0 Å².